The summed E-state index contributed by atoms with van der Waals surface area (Å²) in [4.78, 5) is 4.00. The minimum absolute atomic E-state index is 0.138. The van der Waals surface area contributed by atoms with Crippen LogP contribution in [0.25, 0.3) is 5.69 Å². The van der Waals surface area contributed by atoms with Crippen LogP contribution in [0.15, 0.2) is 47.5 Å². The van der Waals surface area contributed by atoms with Gasteiger partial charge in [-0.15, -0.1) is 0 Å². The number of nitrogens with zero attached hydrogens (tertiary/aromatic N) is 3. The Morgan fingerprint density at radius 1 is 1.21 bits per heavy atom. The molecule has 1 aromatic carbocycles. The summed E-state index contributed by atoms with van der Waals surface area (Å²) in [5, 5.41) is 3.78. The van der Waals surface area contributed by atoms with Crippen molar-refractivity contribution in [2.75, 3.05) is 0 Å². The lowest BCUT2D eigenvalue weighted by Gasteiger charge is -2.08. The maximum atomic E-state index is 12.2. The first-order valence-corrected chi connectivity index (χ1v) is 9.06. The highest BCUT2D eigenvalue weighted by molar-refractivity contribution is 7.88. The van der Waals surface area contributed by atoms with Gasteiger partial charge in [0.2, 0.25) is 10.0 Å². The fourth-order valence-electron chi connectivity index (χ4n) is 2.34. The molecule has 0 bridgehead atoms. The third-order valence-corrected chi connectivity index (χ3v) is 5.00. The van der Waals surface area contributed by atoms with E-state index in [1.807, 2.05) is 35.0 Å². The van der Waals surface area contributed by atoms with E-state index in [1.54, 1.807) is 26.4 Å². The number of imidazole rings is 1. The van der Waals surface area contributed by atoms with E-state index in [0.29, 0.717) is 17.0 Å². The highest BCUT2D eigenvalue weighted by Crippen LogP contribution is 2.15. The summed E-state index contributed by atoms with van der Waals surface area (Å²) in [5.74, 6) is 0.393. The molecule has 0 atom stereocenters. The summed E-state index contributed by atoms with van der Waals surface area (Å²) in [5.41, 5.74) is 3.05. The fraction of sp³-hybridized carbons (Fsp3) is 0.250. The van der Waals surface area contributed by atoms with Crippen LogP contribution in [0.5, 0.6) is 0 Å². The smallest absolute Gasteiger partial charge is 0.216 e. The van der Waals surface area contributed by atoms with Crippen LogP contribution in [-0.4, -0.2) is 23.1 Å². The molecule has 0 aliphatic heterocycles. The first-order chi connectivity index (χ1) is 11.4. The summed E-state index contributed by atoms with van der Waals surface area (Å²) in [6, 6.07) is 7.60. The first kappa shape index (κ1) is 16.4. The Balaban J connectivity index is 1.64. The van der Waals surface area contributed by atoms with E-state index < -0.39 is 10.0 Å². The molecule has 0 aliphatic rings. The molecule has 0 amide bonds. The molecule has 8 heteroatoms. The molecule has 7 nitrogen and oxygen atoms in total. The Kier molecular flexibility index (Phi) is 4.50. The lowest BCUT2D eigenvalue weighted by Crippen LogP contribution is -2.25. The van der Waals surface area contributed by atoms with Gasteiger partial charge in [-0.2, -0.15) is 0 Å². The predicted octanol–water partition coefficient (Wildman–Crippen LogP) is 2.10. The molecule has 0 saturated carbocycles. The normalized spacial score (nSPS) is 11.8. The van der Waals surface area contributed by atoms with Crippen LogP contribution in [-0.2, 0) is 22.3 Å². The number of nitrogens with one attached hydrogen (secondary N) is 1. The highest BCUT2D eigenvalue weighted by Gasteiger charge is 2.18. The molecule has 0 fully saturated rings. The van der Waals surface area contributed by atoms with Gasteiger partial charge in [0.25, 0.3) is 0 Å². The van der Waals surface area contributed by atoms with E-state index in [2.05, 4.69) is 14.9 Å². The van der Waals surface area contributed by atoms with Gasteiger partial charge in [-0.1, -0.05) is 17.3 Å². The van der Waals surface area contributed by atoms with Crippen molar-refractivity contribution in [1.82, 2.24) is 19.4 Å². The van der Waals surface area contributed by atoms with Gasteiger partial charge in [0.15, 0.2) is 0 Å². The third-order valence-electron chi connectivity index (χ3n) is 3.75. The average molecular weight is 346 g/mol. The van der Waals surface area contributed by atoms with Crippen LogP contribution in [0.1, 0.15) is 22.6 Å². The summed E-state index contributed by atoms with van der Waals surface area (Å²) < 4.78 is 34.0. The number of hydrogen-bond donors (Lipinski definition) is 1. The van der Waals surface area contributed by atoms with Crippen molar-refractivity contribution in [2.24, 2.45) is 0 Å². The van der Waals surface area contributed by atoms with Crippen molar-refractivity contribution in [1.29, 1.82) is 0 Å². The summed E-state index contributed by atoms with van der Waals surface area (Å²) in [6.45, 7) is 3.67. The van der Waals surface area contributed by atoms with Crippen molar-refractivity contribution < 1.29 is 12.9 Å². The highest BCUT2D eigenvalue weighted by atomic mass is 32.2. The fourth-order valence-corrected chi connectivity index (χ4v) is 3.62. The maximum Gasteiger partial charge on any atom is 0.216 e. The standard InChI is InChI=1S/C16H18N4O3S/c1-12-16(13(2)23-19-12)10-24(21,22)18-9-14-3-5-15(6-4-14)20-8-7-17-11-20/h3-8,11,18H,9-10H2,1-2H3. The quantitative estimate of drug-likeness (QED) is 0.738. The van der Waals surface area contributed by atoms with E-state index in [1.165, 1.54) is 0 Å². The van der Waals surface area contributed by atoms with Gasteiger partial charge in [-0.25, -0.2) is 18.1 Å². The third kappa shape index (κ3) is 3.72. The minimum Gasteiger partial charge on any atom is -0.361 e. The lowest BCUT2D eigenvalue weighted by molar-refractivity contribution is 0.392. The lowest BCUT2D eigenvalue weighted by atomic mass is 10.2. The van der Waals surface area contributed by atoms with E-state index in [0.717, 1.165) is 11.3 Å². The number of aryl methyl sites for hydroxylation is 2. The van der Waals surface area contributed by atoms with Crippen LogP contribution in [0.3, 0.4) is 0 Å². The van der Waals surface area contributed by atoms with Gasteiger partial charge in [0.05, 0.1) is 17.8 Å². The van der Waals surface area contributed by atoms with Gasteiger partial charge >= 0.3 is 0 Å². The van der Waals surface area contributed by atoms with Gasteiger partial charge in [-0.05, 0) is 31.5 Å². The monoisotopic (exact) mass is 346 g/mol. The topological polar surface area (TPSA) is 90.0 Å². The summed E-state index contributed by atoms with van der Waals surface area (Å²) >= 11 is 0. The van der Waals surface area contributed by atoms with Crippen molar-refractivity contribution in [2.45, 2.75) is 26.1 Å². The average Bonchev–Trinajstić information content (AvgIpc) is 3.19. The van der Waals surface area contributed by atoms with Crippen molar-refractivity contribution in [3.8, 4) is 5.69 Å². The van der Waals surface area contributed by atoms with Gasteiger partial charge in [0.1, 0.15) is 5.76 Å². The molecule has 0 saturated heterocycles. The van der Waals surface area contributed by atoms with Gasteiger partial charge in [0, 0.05) is 30.2 Å². The number of benzene rings is 1. The largest absolute Gasteiger partial charge is 0.361 e. The zero-order chi connectivity index (χ0) is 17.2. The zero-order valence-electron chi connectivity index (χ0n) is 13.4. The number of hydrogen-bond acceptors (Lipinski definition) is 5. The minimum atomic E-state index is -3.47. The van der Waals surface area contributed by atoms with Crippen LogP contribution < -0.4 is 4.72 Å². The molecule has 0 radical (unpaired) electrons. The molecule has 2 aromatic heterocycles. The Morgan fingerprint density at radius 3 is 2.54 bits per heavy atom. The second kappa shape index (κ2) is 6.58. The number of rotatable bonds is 6. The molecule has 126 valence electrons. The molecule has 24 heavy (non-hydrogen) atoms. The molecule has 3 rings (SSSR count). The number of sulfonamides is 1. The SMILES string of the molecule is Cc1noc(C)c1CS(=O)(=O)NCc1ccc(-n2ccnc2)cc1. The van der Waals surface area contributed by atoms with E-state index in [-0.39, 0.29) is 12.3 Å². The maximum absolute atomic E-state index is 12.2. The molecule has 0 aliphatic carbocycles. The van der Waals surface area contributed by atoms with Gasteiger partial charge < -0.3 is 9.09 Å². The predicted molar refractivity (Wildman–Crippen MR) is 89.0 cm³/mol. The Bertz CT molecular complexity index is 893. The van der Waals surface area contributed by atoms with E-state index in [9.17, 15) is 8.42 Å². The Morgan fingerprint density at radius 2 is 1.96 bits per heavy atom. The molecule has 0 spiro atoms. The van der Waals surface area contributed by atoms with E-state index >= 15 is 0 Å². The second-order valence-corrected chi connectivity index (χ2v) is 7.33. The molecular weight excluding hydrogens is 328 g/mol. The van der Waals surface area contributed by atoms with Gasteiger partial charge in [-0.3, -0.25) is 0 Å². The van der Waals surface area contributed by atoms with Crippen LogP contribution in [0, 0.1) is 13.8 Å². The number of aromatic nitrogens is 3. The molecule has 0 unspecified atom stereocenters. The summed E-state index contributed by atoms with van der Waals surface area (Å²) in [6.07, 6.45) is 5.26. The van der Waals surface area contributed by atoms with Crippen LogP contribution in [0.2, 0.25) is 0 Å². The zero-order valence-corrected chi connectivity index (χ0v) is 14.2. The summed E-state index contributed by atoms with van der Waals surface area (Å²) in [7, 11) is -3.47. The Hall–Kier alpha value is -2.45. The van der Waals surface area contributed by atoms with Crippen LogP contribution in [0.4, 0.5) is 0 Å². The first-order valence-electron chi connectivity index (χ1n) is 7.41. The second-order valence-electron chi connectivity index (χ2n) is 5.52. The molecule has 3 aromatic rings. The molecule has 1 N–H and O–H groups in total. The van der Waals surface area contributed by atoms with E-state index in [4.69, 9.17) is 4.52 Å². The van der Waals surface area contributed by atoms with Crippen molar-refractivity contribution >= 4 is 10.0 Å². The van der Waals surface area contributed by atoms with Crippen LogP contribution >= 0.6 is 0 Å². The Labute approximate surface area is 140 Å². The molecular formula is C16H18N4O3S. The molecule has 2 heterocycles. The van der Waals surface area contributed by atoms with Crippen molar-refractivity contribution in [3.63, 3.8) is 0 Å². The van der Waals surface area contributed by atoms with Crippen molar-refractivity contribution in [3.05, 3.63) is 65.6 Å².